The van der Waals surface area contributed by atoms with Crippen LogP contribution in [0.25, 0.3) is 0 Å². The number of aromatic nitrogens is 1. The van der Waals surface area contributed by atoms with Crippen molar-refractivity contribution >= 4 is 17.9 Å². The number of likely N-dealkylation sites (N-methyl/N-ethyl adjacent to an activating group) is 1. The lowest BCUT2D eigenvalue weighted by Gasteiger charge is -2.42. The fraction of sp³-hybridized carbons (Fsp3) is 0.700. The van der Waals surface area contributed by atoms with E-state index in [0.29, 0.717) is 32.7 Å². The molecule has 0 bridgehead atoms. The van der Waals surface area contributed by atoms with E-state index in [2.05, 4.69) is 10.1 Å². The molecule has 1 aromatic heterocycles. The molecule has 2 saturated heterocycles. The minimum absolute atomic E-state index is 0.157. The highest BCUT2D eigenvalue weighted by molar-refractivity contribution is 5.91. The van der Waals surface area contributed by atoms with Gasteiger partial charge in [0.15, 0.2) is 5.76 Å². The number of rotatable bonds is 3. The number of aryl methyl sites for hydroxylation is 1. The molecule has 0 aliphatic carbocycles. The van der Waals surface area contributed by atoms with E-state index in [1.165, 1.54) is 9.80 Å². The Bertz CT molecular complexity index is 794. The molecule has 0 radical (unpaired) electrons. The van der Waals surface area contributed by atoms with Crippen LogP contribution in [0.2, 0.25) is 0 Å². The van der Waals surface area contributed by atoms with Gasteiger partial charge in [-0.2, -0.15) is 0 Å². The van der Waals surface area contributed by atoms with Gasteiger partial charge in [-0.1, -0.05) is 5.16 Å². The molecule has 0 aromatic carbocycles. The number of nitrogens with zero attached hydrogens (tertiary/aromatic N) is 5. The first-order valence-corrected chi connectivity index (χ1v) is 10.2. The number of hydrogen-bond acceptors (Lipinski definition) is 7. The summed E-state index contributed by atoms with van der Waals surface area (Å²) in [5.74, 6) is 0.434. The summed E-state index contributed by atoms with van der Waals surface area (Å²) >= 11 is 0. The van der Waals surface area contributed by atoms with Crippen LogP contribution in [0.1, 0.15) is 32.2 Å². The van der Waals surface area contributed by atoms with E-state index < -0.39 is 17.7 Å². The van der Waals surface area contributed by atoms with Gasteiger partial charge in [0, 0.05) is 45.8 Å². The second kappa shape index (κ2) is 8.63. The summed E-state index contributed by atoms with van der Waals surface area (Å²) in [6, 6.07) is 1.16. The van der Waals surface area contributed by atoms with Crippen LogP contribution in [0.15, 0.2) is 10.6 Å². The summed E-state index contributed by atoms with van der Waals surface area (Å²) in [5.41, 5.74) is 0.138. The summed E-state index contributed by atoms with van der Waals surface area (Å²) in [4.78, 5) is 44.8. The number of amides is 3. The first-order chi connectivity index (χ1) is 14.0. The fourth-order valence-corrected chi connectivity index (χ4v) is 3.61. The van der Waals surface area contributed by atoms with Crippen molar-refractivity contribution in [2.75, 3.05) is 46.3 Å². The monoisotopic (exact) mass is 421 g/mol. The summed E-state index contributed by atoms with van der Waals surface area (Å²) in [6.45, 7) is 10.3. The highest BCUT2D eigenvalue weighted by atomic mass is 16.6. The number of carbonyl (C=O) groups excluding carboxylic acids is 3. The van der Waals surface area contributed by atoms with E-state index in [1.54, 1.807) is 32.7 Å². The van der Waals surface area contributed by atoms with Crippen LogP contribution in [-0.2, 0) is 20.9 Å². The van der Waals surface area contributed by atoms with Gasteiger partial charge in [-0.05, 0) is 27.7 Å². The molecule has 3 amide bonds. The average Bonchev–Trinajstić information content (AvgIpc) is 3.07. The molecule has 2 aliphatic heterocycles. The smallest absolute Gasteiger partial charge is 0.411 e. The van der Waals surface area contributed by atoms with Gasteiger partial charge in [-0.3, -0.25) is 19.4 Å². The Kier molecular flexibility index (Phi) is 6.35. The topological polar surface area (TPSA) is 99.4 Å². The highest BCUT2D eigenvalue weighted by Crippen LogP contribution is 2.19. The van der Waals surface area contributed by atoms with E-state index in [9.17, 15) is 14.4 Å². The van der Waals surface area contributed by atoms with E-state index in [1.807, 2.05) is 13.0 Å². The molecule has 0 spiro atoms. The molecule has 1 unspecified atom stereocenters. The van der Waals surface area contributed by atoms with Crippen molar-refractivity contribution in [2.45, 2.75) is 45.9 Å². The van der Waals surface area contributed by atoms with Gasteiger partial charge in [-0.25, -0.2) is 4.79 Å². The van der Waals surface area contributed by atoms with Gasteiger partial charge < -0.3 is 19.1 Å². The molecule has 1 aromatic rings. The molecular weight excluding hydrogens is 390 g/mol. The number of hydrogen-bond donors (Lipinski definition) is 0. The second-order valence-corrected chi connectivity index (χ2v) is 8.93. The lowest BCUT2D eigenvalue weighted by atomic mass is 10.1. The molecule has 2 fully saturated rings. The van der Waals surface area contributed by atoms with Gasteiger partial charge in [0.1, 0.15) is 18.2 Å². The third-order valence-corrected chi connectivity index (χ3v) is 5.21. The predicted molar refractivity (Wildman–Crippen MR) is 107 cm³/mol. The maximum Gasteiger partial charge on any atom is 0.411 e. The molecule has 10 nitrogen and oxygen atoms in total. The van der Waals surface area contributed by atoms with Crippen molar-refractivity contribution in [3.05, 3.63) is 17.5 Å². The van der Waals surface area contributed by atoms with Crippen molar-refractivity contribution in [1.82, 2.24) is 24.8 Å². The van der Waals surface area contributed by atoms with Crippen molar-refractivity contribution in [3.63, 3.8) is 0 Å². The zero-order valence-corrected chi connectivity index (χ0v) is 18.4. The average molecular weight is 421 g/mol. The summed E-state index contributed by atoms with van der Waals surface area (Å²) in [5, 5.41) is 3.90. The minimum Gasteiger partial charge on any atom is -0.444 e. The minimum atomic E-state index is -0.744. The highest BCUT2D eigenvalue weighted by Gasteiger charge is 2.42. The molecule has 10 heteroatoms. The van der Waals surface area contributed by atoms with Crippen molar-refractivity contribution in [2.24, 2.45) is 0 Å². The van der Waals surface area contributed by atoms with Gasteiger partial charge in [-0.15, -0.1) is 0 Å². The van der Waals surface area contributed by atoms with Crippen LogP contribution in [0.3, 0.4) is 0 Å². The maximum atomic E-state index is 13.2. The van der Waals surface area contributed by atoms with Crippen LogP contribution in [0.4, 0.5) is 4.79 Å². The Balaban J connectivity index is 1.63. The molecule has 0 N–H and O–H groups in total. The van der Waals surface area contributed by atoms with Crippen LogP contribution in [-0.4, -0.2) is 101 Å². The molecule has 30 heavy (non-hydrogen) atoms. The first-order valence-electron chi connectivity index (χ1n) is 10.2. The Morgan fingerprint density at radius 1 is 1.23 bits per heavy atom. The van der Waals surface area contributed by atoms with Crippen LogP contribution in [0.5, 0.6) is 0 Å². The molecule has 2 aliphatic rings. The molecule has 166 valence electrons. The largest absolute Gasteiger partial charge is 0.444 e. The van der Waals surface area contributed by atoms with E-state index in [4.69, 9.17) is 9.26 Å². The SMILES string of the molecule is Cc1cc(CN2CCN(C(=O)C3CN(C)C(=O)CN3C(=O)OC(C)(C)C)CC2)on1. The quantitative estimate of drug-likeness (QED) is 0.708. The fourth-order valence-electron chi connectivity index (χ4n) is 3.61. The standard InChI is InChI=1S/C20H31N5O5/c1-14-10-15(30-21-14)11-23-6-8-24(9-7-23)18(27)16-12-22(5)17(26)13-25(16)19(28)29-20(2,3)4/h10,16H,6-9,11-13H2,1-5H3. The number of ether oxygens (including phenoxy) is 1. The van der Waals surface area contributed by atoms with Crippen LogP contribution < -0.4 is 0 Å². The zero-order valence-electron chi connectivity index (χ0n) is 18.4. The van der Waals surface area contributed by atoms with Gasteiger partial charge in [0.25, 0.3) is 0 Å². The third-order valence-electron chi connectivity index (χ3n) is 5.21. The molecular formula is C20H31N5O5. The van der Waals surface area contributed by atoms with E-state index >= 15 is 0 Å². The summed E-state index contributed by atoms with van der Waals surface area (Å²) in [7, 11) is 1.65. The number of carbonyl (C=O) groups is 3. The first kappa shape index (κ1) is 22.1. The third kappa shape index (κ3) is 5.29. The van der Waals surface area contributed by atoms with Gasteiger partial charge in [0.05, 0.1) is 12.2 Å². The molecule has 3 heterocycles. The normalized spacial score (nSPS) is 21.2. The Morgan fingerprint density at radius 3 is 2.47 bits per heavy atom. The van der Waals surface area contributed by atoms with Crippen molar-refractivity contribution in [3.8, 4) is 0 Å². The zero-order chi connectivity index (χ0) is 22.1. The van der Waals surface area contributed by atoms with Crippen LogP contribution in [0, 0.1) is 6.92 Å². The summed E-state index contributed by atoms with van der Waals surface area (Å²) < 4.78 is 10.7. The predicted octanol–water partition coefficient (Wildman–Crippen LogP) is 0.705. The molecule has 3 rings (SSSR count). The summed E-state index contributed by atoms with van der Waals surface area (Å²) in [6.07, 6.45) is -0.637. The number of piperazine rings is 2. The lowest BCUT2D eigenvalue weighted by molar-refractivity contribution is -0.147. The van der Waals surface area contributed by atoms with E-state index in [-0.39, 0.29) is 24.9 Å². The van der Waals surface area contributed by atoms with Crippen LogP contribution >= 0.6 is 0 Å². The van der Waals surface area contributed by atoms with Gasteiger partial charge in [0.2, 0.25) is 11.8 Å². The van der Waals surface area contributed by atoms with Gasteiger partial charge >= 0.3 is 6.09 Å². The molecule has 0 saturated carbocycles. The Hall–Kier alpha value is -2.62. The second-order valence-electron chi connectivity index (χ2n) is 8.93. The maximum absolute atomic E-state index is 13.2. The molecule has 1 atom stereocenters. The van der Waals surface area contributed by atoms with E-state index in [0.717, 1.165) is 11.5 Å². The van der Waals surface area contributed by atoms with Crippen molar-refractivity contribution < 1.29 is 23.6 Å². The van der Waals surface area contributed by atoms with Crippen molar-refractivity contribution in [1.29, 1.82) is 0 Å². The Labute approximate surface area is 176 Å². The lowest BCUT2D eigenvalue weighted by Crippen LogP contribution is -2.64. The Morgan fingerprint density at radius 2 is 1.90 bits per heavy atom.